The highest BCUT2D eigenvalue weighted by molar-refractivity contribution is 7.18. The van der Waals surface area contributed by atoms with Crippen LogP contribution in [-0.2, 0) is 4.74 Å². The molecule has 0 saturated heterocycles. The molecule has 12 heteroatoms. The van der Waals surface area contributed by atoms with Crippen molar-refractivity contribution < 1.29 is 19.0 Å². The number of nitrogens with two attached hydrogens (primary N) is 1. The molecule has 2 aromatic heterocycles. The summed E-state index contributed by atoms with van der Waals surface area (Å²) in [6.45, 7) is 2.27. The molecule has 0 aliphatic heterocycles. The van der Waals surface area contributed by atoms with E-state index in [0.29, 0.717) is 28.2 Å². The average molecular weight is 436 g/mol. The lowest BCUT2D eigenvalue weighted by Gasteiger charge is -2.18. The van der Waals surface area contributed by atoms with Crippen LogP contribution >= 0.6 is 11.3 Å². The van der Waals surface area contributed by atoms with Crippen LogP contribution in [0.3, 0.4) is 0 Å². The Morgan fingerprint density at radius 3 is 2.90 bits per heavy atom. The van der Waals surface area contributed by atoms with E-state index in [2.05, 4.69) is 25.8 Å². The van der Waals surface area contributed by atoms with Crippen LogP contribution in [0, 0.1) is 0 Å². The molecule has 0 aromatic carbocycles. The van der Waals surface area contributed by atoms with Crippen molar-refractivity contribution in [3.05, 3.63) is 34.5 Å². The number of allylic oxidation sites excluding steroid dienone is 1. The van der Waals surface area contributed by atoms with Crippen molar-refractivity contribution in [2.45, 2.75) is 31.6 Å². The Bertz CT molecular complexity index is 997. The van der Waals surface area contributed by atoms with Gasteiger partial charge in [0.05, 0.1) is 18.4 Å². The molecule has 0 amide bonds. The number of nitrogens with one attached hydrogen (secondary N) is 2. The summed E-state index contributed by atoms with van der Waals surface area (Å²) >= 11 is 1.12. The van der Waals surface area contributed by atoms with Gasteiger partial charge in [-0.1, -0.05) is 11.3 Å². The number of nitrogens with zero attached hydrogens (tertiary/aromatic N) is 3. The van der Waals surface area contributed by atoms with E-state index in [1.54, 1.807) is 20.1 Å². The summed E-state index contributed by atoms with van der Waals surface area (Å²) in [4.78, 5) is 16.5. The van der Waals surface area contributed by atoms with Gasteiger partial charge in [-0.3, -0.25) is 0 Å². The topological polar surface area (TPSA) is 157 Å². The summed E-state index contributed by atoms with van der Waals surface area (Å²) in [5, 5.41) is 24.9. The minimum atomic E-state index is -1.34. The molecule has 2 heterocycles. The van der Waals surface area contributed by atoms with Gasteiger partial charge in [0.25, 0.3) is 0 Å². The first-order valence-electron chi connectivity index (χ1n) is 9.12. The van der Waals surface area contributed by atoms with Crippen molar-refractivity contribution in [3.8, 4) is 5.75 Å². The molecule has 1 fully saturated rings. The minimum Gasteiger partial charge on any atom is -0.488 e. The number of methoxy groups -OCH3 is 2. The Labute approximate surface area is 176 Å². The minimum absolute atomic E-state index is 0.00643. The molecular formula is C18H24N6O5S. The van der Waals surface area contributed by atoms with E-state index < -0.39 is 11.9 Å². The van der Waals surface area contributed by atoms with Crippen LogP contribution < -0.4 is 26.7 Å². The van der Waals surface area contributed by atoms with Crippen LogP contribution in [-0.4, -0.2) is 47.4 Å². The quantitative estimate of drug-likeness (QED) is 0.319. The lowest BCUT2D eigenvalue weighted by Crippen LogP contribution is -2.25. The van der Waals surface area contributed by atoms with E-state index in [-0.39, 0.29) is 17.1 Å². The van der Waals surface area contributed by atoms with E-state index >= 15 is 0 Å². The number of aliphatic hydroxyl groups is 1. The van der Waals surface area contributed by atoms with Crippen molar-refractivity contribution in [2.75, 3.05) is 31.4 Å². The van der Waals surface area contributed by atoms with Gasteiger partial charge in [0.15, 0.2) is 12.0 Å². The molecule has 1 aliphatic rings. The zero-order chi connectivity index (χ0) is 21.7. The Kier molecular flexibility index (Phi) is 6.70. The Balaban J connectivity index is 1.75. The van der Waals surface area contributed by atoms with Gasteiger partial charge in [0, 0.05) is 25.4 Å². The summed E-state index contributed by atoms with van der Waals surface area (Å²) in [5.74, 6) is 0.0156. The van der Waals surface area contributed by atoms with E-state index in [1.807, 2.05) is 0 Å². The van der Waals surface area contributed by atoms with Gasteiger partial charge in [0.2, 0.25) is 16.0 Å². The van der Waals surface area contributed by atoms with Crippen molar-refractivity contribution in [2.24, 2.45) is 10.7 Å². The molecule has 1 saturated carbocycles. The Hall–Kier alpha value is -2.96. The van der Waals surface area contributed by atoms with Crippen LogP contribution in [0.4, 0.5) is 16.0 Å². The van der Waals surface area contributed by atoms with Crippen LogP contribution in [0.15, 0.2) is 32.5 Å². The molecular weight excluding hydrogens is 412 g/mol. The molecule has 1 unspecified atom stereocenters. The number of ether oxygens (including phenoxy) is 2. The van der Waals surface area contributed by atoms with Crippen LogP contribution in [0.2, 0.25) is 0 Å². The fourth-order valence-corrected chi connectivity index (χ4v) is 3.34. The standard InChI is InChI=1S/C18H24N6O5S/c1-10(4-7-19)21-16-23-24-17(30-16)22-14(25)12-8-11(13(27-2)15(26)29-12)20-9-18(28-3)5-6-18/h4,7-8,14,20,25H,5-6,9,19H2,1-3H3,(H,22,24). The normalized spacial score (nSPS) is 16.5. The second kappa shape index (κ2) is 9.24. The molecule has 162 valence electrons. The second-order valence-corrected chi connectivity index (χ2v) is 7.63. The molecule has 5 N–H and O–H groups in total. The zero-order valence-electron chi connectivity index (χ0n) is 16.8. The average Bonchev–Trinajstić information content (AvgIpc) is 3.38. The molecule has 2 aromatic rings. The van der Waals surface area contributed by atoms with Gasteiger partial charge in [-0.05, 0) is 32.0 Å². The smallest absolute Gasteiger partial charge is 0.381 e. The van der Waals surface area contributed by atoms with Gasteiger partial charge in [0.1, 0.15) is 0 Å². The van der Waals surface area contributed by atoms with E-state index in [4.69, 9.17) is 19.6 Å². The molecule has 0 spiro atoms. The van der Waals surface area contributed by atoms with E-state index in [9.17, 15) is 9.90 Å². The first-order valence-corrected chi connectivity index (χ1v) is 9.94. The molecule has 11 nitrogen and oxygen atoms in total. The summed E-state index contributed by atoms with van der Waals surface area (Å²) in [6.07, 6.45) is 3.52. The number of hydrogen-bond acceptors (Lipinski definition) is 12. The summed E-state index contributed by atoms with van der Waals surface area (Å²) in [6, 6.07) is 1.50. The van der Waals surface area contributed by atoms with Crippen molar-refractivity contribution in [3.63, 3.8) is 0 Å². The number of rotatable bonds is 10. The lowest BCUT2D eigenvalue weighted by molar-refractivity contribution is 0.0913. The third-order valence-corrected chi connectivity index (χ3v) is 5.27. The van der Waals surface area contributed by atoms with Crippen LogP contribution in [0.1, 0.15) is 31.8 Å². The van der Waals surface area contributed by atoms with Crippen LogP contribution in [0.25, 0.3) is 0 Å². The molecule has 1 atom stereocenters. The lowest BCUT2D eigenvalue weighted by atomic mass is 10.2. The molecule has 30 heavy (non-hydrogen) atoms. The molecule has 0 bridgehead atoms. The highest BCUT2D eigenvalue weighted by Gasteiger charge is 2.43. The first-order chi connectivity index (χ1) is 14.4. The Morgan fingerprint density at radius 2 is 2.27 bits per heavy atom. The molecule has 1 aliphatic carbocycles. The van der Waals surface area contributed by atoms with Gasteiger partial charge >= 0.3 is 5.63 Å². The van der Waals surface area contributed by atoms with Gasteiger partial charge in [-0.2, -0.15) is 0 Å². The highest BCUT2D eigenvalue weighted by Crippen LogP contribution is 2.39. The Morgan fingerprint density at radius 1 is 1.50 bits per heavy atom. The zero-order valence-corrected chi connectivity index (χ0v) is 17.7. The first kappa shape index (κ1) is 21.7. The number of aromatic nitrogens is 2. The number of aliphatic hydroxyl groups excluding tert-OH is 1. The molecule has 3 rings (SSSR count). The maximum absolute atomic E-state index is 12.3. The molecule has 0 radical (unpaired) electrons. The highest BCUT2D eigenvalue weighted by atomic mass is 32.1. The monoisotopic (exact) mass is 436 g/mol. The second-order valence-electron chi connectivity index (χ2n) is 6.67. The van der Waals surface area contributed by atoms with Gasteiger partial charge in [-0.15, -0.1) is 10.2 Å². The fraction of sp³-hybridized carbons (Fsp3) is 0.444. The predicted octanol–water partition coefficient (Wildman–Crippen LogP) is 1.76. The fourth-order valence-electron chi connectivity index (χ4n) is 2.64. The summed E-state index contributed by atoms with van der Waals surface area (Å²) in [5.41, 5.74) is 5.43. The van der Waals surface area contributed by atoms with Gasteiger partial charge < -0.3 is 35.4 Å². The van der Waals surface area contributed by atoms with Crippen molar-refractivity contribution >= 4 is 33.0 Å². The third kappa shape index (κ3) is 5.14. The third-order valence-electron chi connectivity index (χ3n) is 4.53. The van der Waals surface area contributed by atoms with Crippen molar-refractivity contribution in [1.82, 2.24) is 10.2 Å². The van der Waals surface area contributed by atoms with E-state index in [1.165, 1.54) is 19.4 Å². The maximum atomic E-state index is 12.3. The summed E-state index contributed by atoms with van der Waals surface area (Å²) < 4.78 is 15.8. The SMILES string of the molecule is COc1c(NCC2(OC)CC2)cc(C(O)Nc2nnc(N=C(C)C=CN)s2)oc1=O. The summed E-state index contributed by atoms with van der Waals surface area (Å²) in [7, 11) is 3.03. The van der Waals surface area contributed by atoms with E-state index in [0.717, 1.165) is 24.2 Å². The largest absolute Gasteiger partial charge is 0.488 e. The number of aliphatic imine (C=N–C) groups is 1. The van der Waals surface area contributed by atoms with Gasteiger partial charge in [-0.25, -0.2) is 9.79 Å². The maximum Gasteiger partial charge on any atom is 0.381 e. The number of hydrogen-bond donors (Lipinski definition) is 4. The van der Waals surface area contributed by atoms with Crippen LogP contribution in [0.5, 0.6) is 5.75 Å². The van der Waals surface area contributed by atoms with Crippen molar-refractivity contribution in [1.29, 1.82) is 0 Å². The number of anilines is 2. The predicted molar refractivity (Wildman–Crippen MR) is 114 cm³/mol.